The van der Waals surface area contributed by atoms with E-state index >= 15 is 0 Å². The fourth-order valence-electron chi connectivity index (χ4n) is 1.48. The van der Waals surface area contributed by atoms with Gasteiger partial charge in [-0.3, -0.25) is 0 Å². The van der Waals surface area contributed by atoms with Crippen LogP contribution in [0, 0.1) is 0 Å². The van der Waals surface area contributed by atoms with Crippen molar-refractivity contribution in [3.63, 3.8) is 0 Å². The summed E-state index contributed by atoms with van der Waals surface area (Å²) in [6, 6.07) is 4.04. The zero-order valence-corrected chi connectivity index (χ0v) is 10.2. The lowest BCUT2D eigenvalue weighted by molar-refractivity contribution is 0.408. The van der Waals surface area contributed by atoms with Crippen LogP contribution in [0.3, 0.4) is 0 Å². The highest BCUT2D eigenvalue weighted by molar-refractivity contribution is 7.99. The number of phenols is 6. The predicted molar refractivity (Wildman–Crippen MR) is 67.0 cm³/mol. The van der Waals surface area contributed by atoms with Gasteiger partial charge in [0.05, 0.1) is 9.79 Å². The van der Waals surface area contributed by atoms with Crippen LogP contribution >= 0.6 is 11.8 Å². The molecule has 2 aromatic rings. The topological polar surface area (TPSA) is 121 Å². The third-order valence-corrected chi connectivity index (χ3v) is 3.52. The Morgan fingerprint density at radius 2 is 0.789 bits per heavy atom. The molecule has 6 N–H and O–H groups in total. The number of aromatic hydroxyl groups is 6. The molecule has 0 aliphatic heterocycles. The third-order valence-electron chi connectivity index (χ3n) is 2.27. The van der Waals surface area contributed by atoms with Crippen molar-refractivity contribution >= 4 is 11.8 Å². The van der Waals surface area contributed by atoms with Crippen molar-refractivity contribution in [3.8, 4) is 34.5 Å². The summed E-state index contributed by atoms with van der Waals surface area (Å²) in [5, 5.41) is 56.8. The molecular weight excluding hydrogens is 272 g/mol. The van der Waals surface area contributed by atoms with Crippen LogP contribution in [0.2, 0.25) is 0 Å². The Morgan fingerprint density at radius 3 is 1.05 bits per heavy atom. The van der Waals surface area contributed by atoms with Gasteiger partial charge in [0.2, 0.25) is 0 Å². The van der Waals surface area contributed by atoms with Crippen molar-refractivity contribution in [2.24, 2.45) is 0 Å². The molecule has 0 aliphatic rings. The Labute approximate surface area is 111 Å². The lowest BCUT2D eigenvalue weighted by Crippen LogP contribution is -1.81. The van der Waals surface area contributed by atoms with E-state index in [0.717, 1.165) is 24.3 Å². The third kappa shape index (κ3) is 2.55. The number of benzene rings is 2. The van der Waals surface area contributed by atoms with Crippen molar-refractivity contribution in [1.29, 1.82) is 0 Å². The average Bonchev–Trinajstić information content (AvgIpc) is 2.25. The molecule has 0 atom stereocenters. The van der Waals surface area contributed by atoms with Crippen molar-refractivity contribution in [2.75, 3.05) is 0 Å². The van der Waals surface area contributed by atoms with Crippen LogP contribution in [-0.4, -0.2) is 30.6 Å². The molecule has 0 aromatic heterocycles. The van der Waals surface area contributed by atoms with Gasteiger partial charge in [-0.2, -0.15) is 0 Å². The zero-order valence-electron chi connectivity index (χ0n) is 9.40. The largest absolute Gasteiger partial charge is 0.508 e. The molecule has 0 heterocycles. The van der Waals surface area contributed by atoms with Crippen LogP contribution in [0.25, 0.3) is 0 Å². The van der Waals surface area contributed by atoms with Gasteiger partial charge in [-0.25, -0.2) is 0 Å². The summed E-state index contributed by atoms with van der Waals surface area (Å²) in [6.07, 6.45) is 0. The maximum absolute atomic E-state index is 9.62. The zero-order chi connectivity index (χ0) is 14.2. The molecule has 0 saturated heterocycles. The summed E-state index contributed by atoms with van der Waals surface area (Å²) in [4.78, 5) is -0.0943. The molecule has 19 heavy (non-hydrogen) atoms. The maximum Gasteiger partial charge on any atom is 0.136 e. The second kappa shape index (κ2) is 4.69. The van der Waals surface area contributed by atoms with Crippen LogP contribution < -0.4 is 0 Å². The Balaban J connectivity index is 2.48. The van der Waals surface area contributed by atoms with Crippen LogP contribution in [0.4, 0.5) is 0 Å². The quantitative estimate of drug-likeness (QED) is 0.498. The number of phenolic OH excluding ortho intramolecular Hbond substituents is 6. The van der Waals surface area contributed by atoms with Gasteiger partial charge in [-0.1, -0.05) is 11.8 Å². The predicted octanol–water partition coefficient (Wildman–Crippen LogP) is 2.07. The maximum atomic E-state index is 9.62. The summed E-state index contributed by atoms with van der Waals surface area (Å²) in [6.45, 7) is 0. The Morgan fingerprint density at radius 1 is 0.526 bits per heavy atom. The van der Waals surface area contributed by atoms with E-state index in [1.807, 2.05) is 0 Å². The average molecular weight is 282 g/mol. The first-order valence-corrected chi connectivity index (χ1v) is 5.88. The summed E-state index contributed by atoms with van der Waals surface area (Å²) in [5.74, 6) is -2.27. The molecular formula is C12H10O6S. The van der Waals surface area contributed by atoms with Gasteiger partial charge in [0, 0.05) is 24.3 Å². The van der Waals surface area contributed by atoms with Gasteiger partial charge in [0.15, 0.2) is 0 Å². The summed E-state index contributed by atoms with van der Waals surface area (Å²) in [5.41, 5.74) is 0. The van der Waals surface area contributed by atoms with Crippen LogP contribution in [0.1, 0.15) is 0 Å². The van der Waals surface area contributed by atoms with E-state index in [9.17, 15) is 20.4 Å². The molecule has 0 amide bonds. The molecule has 0 saturated carbocycles. The van der Waals surface area contributed by atoms with Gasteiger partial charge in [0.25, 0.3) is 0 Å². The van der Waals surface area contributed by atoms with Gasteiger partial charge < -0.3 is 30.6 Å². The minimum absolute atomic E-state index is 0.0471. The second-order valence-electron chi connectivity index (χ2n) is 3.73. The highest BCUT2D eigenvalue weighted by Crippen LogP contribution is 2.49. The van der Waals surface area contributed by atoms with E-state index in [-0.39, 0.29) is 21.3 Å². The Hall–Kier alpha value is -2.41. The molecule has 0 radical (unpaired) electrons. The normalized spacial score (nSPS) is 10.5. The molecule has 2 rings (SSSR count). The lowest BCUT2D eigenvalue weighted by atomic mass is 10.3. The molecule has 2 aromatic carbocycles. The summed E-state index contributed by atoms with van der Waals surface area (Å²) >= 11 is 0.689. The van der Waals surface area contributed by atoms with E-state index in [4.69, 9.17) is 10.2 Å². The lowest BCUT2D eigenvalue weighted by Gasteiger charge is -2.10. The van der Waals surface area contributed by atoms with Crippen molar-refractivity contribution in [2.45, 2.75) is 9.79 Å². The first-order valence-electron chi connectivity index (χ1n) is 5.06. The SMILES string of the molecule is Oc1cc(O)c(Sc2c(O)cc(O)cc2O)c(O)c1. The second-order valence-corrected chi connectivity index (χ2v) is 4.75. The van der Waals surface area contributed by atoms with E-state index in [0.29, 0.717) is 11.8 Å². The summed E-state index contributed by atoms with van der Waals surface area (Å²) in [7, 11) is 0. The molecule has 0 fully saturated rings. The van der Waals surface area contributed by atoms with Crippen LogP contribution in [-0.2, 0) is 0 Å². The number of hydrogen-bond donors (Lipinski definition) is 6. The van der Waals surface area contributed by atoms with Crippen LogP contribution in [0.5, 0.6) is 34.5 Å². The number of hydrogen-bond acceptors (Lipinski definition) is 7. The molecule has 0 aliphatic carbocycles. The van der Waals surface area contributed by atoms with Crippen molar-refractivity contribution in [1.82, 2.24) is 0 Å². The minimum Gasteiger partial charge on any atom is -0.508 e. The fraction of sp³-hybridized carbons (Fsp3) is 0. The molecule has 0 spiro atoms. The van der Waals surface area contributed by atoms with E-state index in [1.165, 1.54) is 0 Å². The van der Waals surface area contributed by atoms with Crippen molar-refractivity contribution in [3.05, 3.63) is 24.3 Å². The molecule has 7 heteroatoms. The standard InChI is InChI=1S/C12H10O6S/c13-5-1-7(15)11(8(16)2-5)19-12-9(17)3-6(14)4-10(12)18/h1-4,13-18H. The molecule has 0 unspecified atom stereocenters. The summed E-state index contributed by atoms with van der Waals surface area (Å²) < 4.78 is 0. The van der Waals surface area contributed by atoms with Crippen LogP contribution in [0.15, 0.2) is 34.1 Å². The monoisotopic (exact) mass is 282 g/mol. The number of rotatable bonds is 2. The highest BCUT2D eigenvalue weighted by Gasteiger charge is 2.17. The minimum atomic E-state index is -0.408. The smallest absolute Gasteiger partial charge is 0.136 e. The molecule has 100 valence electrons. The van der Waals surface area contributed by atoms with E-state index in [2.05, 4.69) is 0 Å². The van der Waals surface area contributed by atoms with Gasteiger partial charge >= 0.3 is 0 Å². The first-order chi connectivity index (χ1) is 8.88. The van der Waals surface area contributed by atoms with Gasteiger partial charge in [0.1, 0.15) is 34.5 Å². The van der Waals surface area contributed by atoms with E-state index < -0.39 is 23.0 Å². The fourth-order valence-corrected chi connectivity index (χ4v) is 2.34. The Kier molecular flexibility index (Phi) is 3.22. The van der Waals surface area contributed by atoms with Gasteiger partial charge in [-0.05, 0) is 0 Å². The first kappa shape index (κ1) is 13.0. The van der Waals surface area contributed by atoms with E-state index in [1.54, 1.807) is 0 Å². The van der Waals surface area contributed by atoms with Gasteiger partial charge in [-0.15, -0.1) is 0 Å². The molecule has 6 nitrogen and oxygen atoms in total. The highest BCUT2D eigenvalue weighted by atomic mass is 32.2. The van der Waals surface area contributed by atoms with Crippen molar-refractivity contribution < 1.29 is 30.6 Å². The Bertz CT molecular complexity index is 539. The molecule has 0 bridgehead atoms.